The van der Waals surface area contributed by atoms with Crippen molar-refractivity contribution < 1.29 is 9.59 Å². The summed E-state index contributed by atoms with van der Waals surface area (Å²) in [4.78, 5) is 33.2. The number of nitrogens with zero attached hydrogens (tertiary/aromatic N) is 4. The van der Waals surface area contributed by atoms with Crippen molar-refractivity contribution in [1.29, 1.82) is 0 Å². The molecule has 4 aromatic rings. The Bertz CT molecular complexity index is 1100. The van der Waals surface area contributed by atoms with Crippen LogP contribution in [0.15, 0.2) is 54.0 Å². The van der Waals surface area contributed by atoms with Crippen molar-refractivity contribution in [1.82, 2.24) is 19.7 Å². The zero-order valence-electron chi connectivity index (χ0n) is 13.7. The Morgan fingerprint density at radius 1 is 1.11 bits per heavy atom. The molecule has 0 spiro atoms. The minimum atomic E-state index is -0.598. The third-order valence-corrected chi connectivity index (χ3v) is 5.31. The molecular formula is C17H12N6O2S2. The molecular weight excluding hydrogens is 384 g/mol. The lowest BCUT2D eigenvalue weighted by Crippen LogP contribution is -2.14. The second-order valence-corrected chi connectivity index (χ2v) is 7.31. The van der Waals surface area contributed by atoms with E-state index in [0.29, 0.717) is 5.82 Å². The van der Waals surface area contributed by atoms with E-state index in [1.807, 2.05) is 47.8 Å². The average molecular weight is 396 g/mol. The van der Waals surface area contributed by atoms with Gasteiger partial charge in [0.25, 0.3) is 11.8 Å². The highest BCUT2D eigenvalue weighted by Crippen LogP contribution is 2.26. The smallest absolute Gasteiger partial charge is 0.297 e. The van der Waals surface area contributed by atoms with Gasteiger partial charge in [0.2, 0.25) is 5.82 Å². The van der Waals surface area contributed by atoms with Gasteiger partial charge in [-0.2, -0.15) is 0 Å². The number of nitrogens with two attached hydrogens (primary N) is 1. The molecule has 0 radical (unpaired) electrons. The predicted octanol–water partition coefficient (Wildman–Crippen LogP) is 2.80. The zero-order valence-corrected chi connectivity index (χ0v) is 15.3. The molecule has 2 amide bonds. The monoisotopic (exact) mass is 396 g/mol. The molecule has 0 saturated heterocycles. The van der Waals surface area contributed by atoms with Gasteiger partial charge in [-0.25, -0.2) is 14.6 Å². The Morgan fingerprint density at radius 3 is 2.59 bits per heavy atom. The van der Waals surface area contributed by atoms with Gasteiger partial charge in [-0.15, -0.1) is 16.4 Å². The summed E-state index contributed by atoms with van der Waals surface area (Å²) in [5.41, 5.74) is 5.99. The number of thiophene rings is 1. The largest absolute Gasteiger partial charge is 0.365 e. The van der Waals surface area contributed by atoms with Crippen LogP contribution in [0.4, 0.5) is 5.13 Å². The molecule has 27 heavy (non-hydrogen) atoms. The molecule has 134 valence electrons. The van der Waals surface area contributed by atoms with Gasteiger partial charge in [0.05, 0.1) is 16.8 Å². The number of nitrogens with one attached hydrogen (secondary N) is 1. The second kappa shape index (κ2) is 7.09. The lowest BCUT2D eigenvalue weighted by atomic mass is 10.3. The predicted molar refractivity (Wildman–Crippen MR) is 103 cm³/mol. The van der Waals surface area contributed by atoms with Crippen LogP contribution in [0.2, 0.25) is 0 Å². The Morgan fingerprint density at radius 2 is 1.93 bits per heavy atom. The topological polar surface area (TPSA) is 116 Å². The normalized spacial score (nSPS) is 10.7. The number of thiazole rings is 1. The summed E-state index contributed by atoms with van der Waals surface area (Å²) in [6.45, 7) is 0. The SMILES string of the molecule is NC(=O)c1cnc(NC(=O)c2nc(-c3cccs3)n(-c3ccccc3)n2)s1. The van der Waals surface area contributed by atoms with Crippen LogP contribution in [0, 0.1) is 0 Å². The summed E-state index contributed by atoms with van der Waals surface area (Å²) in [5, 5.41) is 9.14. The summed E-state index contributed by atoms with van der Waals surface area (Å²) in [6.07, 6.45) is 1.32. The molecule has 1 aromatic carbocycles. The third-order valence-electron chi connectivity index (χ3n) is 3.52. The first-order valence-corrected chi connectivity index (χ1v) is 9.45. The van der Waals surface area contributed by atoms with Gasteiger partial charge in [-0.3, -0.25) is 14.9 Å². The maximum Gasteiger partial charge on any atom is 0.297 e. The van der Waals surface area contributed by atoms with Gasteiger partial charge in [-0.1, -0.05) is 35.6 Å². The number of aromatic nitrogens is 4. The highest BCUT2D eigenvalue weighted by Gasteiger charge is 2.20. The Hall–Kier alpha value is -3.37. The van der Waals surface area contributed by atoms with Crippen molar-refractivity contribution in [3.8, 4) is 16.4 Å². The first kappa shape index (κ1) is 17.1. The first-order valence-electron chi connectivity index (χ1n) is 7.75. The number of carbonyl (C=O) groups excluding carboxylic acids is 2. The van der Waals surface area contributed by atoms with Crippen LogP contribution in [0.25, 0.3) is 16.4 Å². The molecule has 10 heteroatoms. The van der Waals surface area contributed by atoms with Crippen molar-refractivity contribution in [2.75, 3.05) is 5.32 Å². The third kappa shape index (κ3) is 3.48. The van der Waals surface area contributed by atoms with E-state index in [1.165, 1.54) is 17.5 Å². The molecule has 0 bridgehead atoms. The van der Waals surface area contributed by atoms with Gasteiger partial charge in [-0.05, 0) is 23.6 Å². The fourth-order valence-corrected chi connectivity index (χ4v) is 3.68. The number of para-hydroxylation sites is 1. The Kier molecular flexibility index (Phi) is 4.48. The lowest BCUT2D eigenvalue weighted by molar-refractivity contribution is 0.0999. The molecule has 0 aliphatic rings. The van der Waals surface area contributed by atoms with Crippen LogP contribution in [-0.4, -0.2) is 31.6 Å². The van der Waals surface area contributed by atoms with Crippen molar-refractivity contribution in [3.63, 3.8) is 0 Å². The molecule has 0 unspecified atom stereocenters. The Labute approximate surface area is 161 Å². The summed E-state index contributed by atoms with van der Waals surface area (Å²) in [7, 11) is 0. The van der Waals surface area contributed by atoms with Gasteiger partial charge in [0.15, 0.2) is 11.0 Å². The highest BCUT2D eigenvalue weighted by atomic mass is 32.1. The van der Waals surface area contributed by atoms with E-state index in [0.717, 1.165) is 21.9 Å². The van der Waals surface area contributed by atoms with Crippen molar-refractivity contribution in [2.45, 2.75) is 0 Å². The van der Waals surface area contributed by atoms with Gasteiger partial charge < -0.3 is 5.73 Å². The summed E-state index contributed by atoms with van der Waals surface area (Å²) >= 11 is 2.49. The second-order valence-electron chi connectivity index (χ2n) is 5.33. The fraction of sp³-hybridized carbons (Fsp3) is 0. The van der Waals surface area contributed by atoms with Crippen molar-refractivity contribution >= 4 is 39.6 Å². The number of hydrogen-bond donors (Lipinski definition) is 2. The van der Waals surface area contributed by atoms with E-state index in [2.05, 4.69) is 20.4 Å². The number of hydrogen-bond acceptors (Lipinski definition) is 7. The number of benzene rings is 1. The molecule has 8 nitrogen and oxygen atoms in total. The van der Waals surface area contributed by atoms with Gasteiger partial charge in [0, 0.05) is 0 Å². The number of carbonyl (C=O) groups is 2. The average Bonchev–Trinajstić information content (AvgIpc) is 3.42. The highest BCUT2D eigenvalue weighted by molar-refractivity contribution is 7.17. The molecule has 3 heterocycles. The molecule has 0 fully saturated rings. The quantitative estimate of drug-likeness (QED) is 0.538. The number of rotatable bonds is 5. The molecule has 3 aromatic heterocycles. The van der Waals surface area contributed by atoms with Gasteiger partial charge >= 0.3 is 0 Å². The summed E-state index contributed by atoms with van der Waals surface area (Å²) < 4.78 is 1.62. The van der Waals surface area contributed by atoms with E-state index < -0.39 is 11.8 Å². The van der Waals surface area contributed by atoms with E-state index in [1.54, 1.807) is 4.68 Å². The minimum Gasteiger partial charge on any atom is -0.365 e. The van der Waals surface area contributed by atoms with Crippen molar-refractivity contribution in [2.24, 2.45) is 5.73 Å². The number of amides is 2. The Balaban J connectivity index is 1.68. The van der Waals surface area contributed by atoms with Gasteiger partial charge in [0.1, 0.15) is 4.88 Å². The molecule has 0 aliphatic carbocycles. The van der Waals surface area contributed by atoms with Crippen LogP contribution in [0.5, 0.6) is 0 Å². The molecule has 0 saturated carbocycles. The van der Waals surface area contributed by atoms with E-state index >= 15 is 0 Å². The standard InChI is InChI=1S/C17H12N6O2S2/c18-13(24)12-9-19-17(27-12)21-16(25)14-20-15(11-7-4-8-26-11)23(22-14)10-5-2-1-3-6-10/h1-9H,(H2,18,24)(H,19,21,25). The minimum absolute atomic E-state index is 0.00178. The van der Waals surface area contributed by atoms with E-state index in [4.69, 9.17) is 5.73 Å². The van der Waals surface area contributed by atoms with Crippen LogP contribution >= 0.6 is 22.7 Å². The van der Waals surface area contributed by atoms with E-state index in [-0.39, 0.29) is 15.8 Å². The fourth-order valence-electron chi connectivity index (χ4n) is 2.32. The van der Waals surface area contributed by atoms with Crippen LogP contribution in [0.3, 0.4) is 0 Å². The van der Waals surface area contributed by atoms with Crippen LogP contribution in [0.1, 0.15) is 20.3 Å². The van der Waals surface area contributed by atoms with E-state index in [9.17, 15) is 9.59 Å². The molecule has 4 rings (SSSR count). The number of primary amides is 1. The molecule has 0 aliphatic heterocycles. The maximum atomic E-state index is 12.6. The summed E-state index contributed by atoms with van der Waals surface area (Å²) in [5.74, 6) is -0.552. The zero-order chi connectivity index (χ0) is 18.8. The lowest BCUT2D eigenvalue weighted by Gasteiger charge is -2.03. The first-order chi connectivity index (χ1) is 13.1. The molecule has 0 atom stereocenters. The molecule has 3 N–H and O–H groups in total. The van der Waals surface area contributed by atoms with Crippen LogP contribution < -0.4 is 11.1 Å². The number of anilines is 1. The van der Waals surface area contributed by atoms with Crippen molar-refractivity contribution in [3.05, 3.63) is 64.7 Å². The summed E-state index contributed by atoms with van der Waals surface area (Å²) in [6, 6.07) is 13.3. The van der Waals surface area contributed by atoms with Crippen LogP contribution in [-0.2, 0) is 0 Å². The maximum absolute atomic E-state index is 12.6.